The van der Waals surface area contributed by atoms with Crippen LogP contribution < -0.4 is 10.5 Å². The second-order valence-corrected chi connectivity index (χ2v) is 5.53. The number of benzene rings is 1. The standard InChI is InChI=1S/C10H13F3N2O2S/c11-10(12,13)7-15-18(16,17)6-9-3-1-2-8(4-9)5-14/h1-4,15H,5-7,14H2. The Morgan fingerprint density at radius 1 is 1.22 bits per heavy atom. The summed E-state index contributed by atoms with van der Waals surface area (Å²) in [5.41, 5.74) is 6.50. The van der Waals surface area contributed by atoms with Crippen molar-refractivity contribution in [2.24, 2.45) is 5.73 Å². The van der Waals surface area contributed by atoms with Gasteiger partial charge in [0.25, 0.3) is 0 Å². The minimum absolute atomic E-state index is 0.240. The first kappa shape index (κ1) is 14.9. The number of alkyl halides is 3. The first-order valence-corrected chi connectivity index (χ1v) is 6.69. The highest BCUT2D eigenvalue weighted by Crippen LogP contribution is 2.14. The normalized spacial score (nSPS) is 12.7. The van der Waals surface area contributed by atoms with Crippen molar-refractivity contribution in [3.63, 3.8) is 0 Å². The lowest BCUT2D eigenvalue weighted by molar-refractivity contribution is -0.121. The molecule has 0 aliphatic carbocycles. The molecule has 8 heteroatoms. The molecular formula is C10H13F3N2O2S. The van der Waals surface area contributed by atoms with Crippen molar-refractivity contribution in [1.29, 1.82) is 0 Å². The highest BCUT2D eigenvalue weighted by atomic mass is 32.2. The van der Waals surface area contributed by atoms with Crippen LogP contribution in [-0.4, -0.2) is 21.1 Å². The molecule has 0 fully saturated rings. The molecule has 102 valence electrons. The SMILES string of the molecule is NCc1cccc(CS(=O)(=O)NCC(F)(F)F)c1. The number of sulfonamides is 1. The molecule has 0 heterocycles. The van der Waals surface area contributed by atoms with Crippen molar-refractivity contribution in [2.75, 3.05) is 6.54 Å². The molecule has 0 radical (unpaired) electrons. The molecule has 0 aromatic heterocycles. The Balaban J connectivity index is 2.70. The predicted molar refractivity (Wildman–Crippen MR) is 61.0 cm³/mol. The average Bonchev–Trinajstić information content (AvgIpc) is 2.25. The lowest BCUT2D eigenvalue weighted by atomic mass is 10.1. The molecule has 3 N–H and O–H groups in total. The van der Waals surface area contributed by atoms with Crippen molar-refractivity contribution in [2.45, 2.75) is 18.5 Å². The summed E-state index contributed by atoms with van der Waals surface area (Å²) in [4.78, 5) is 0. The zero-order valence-electron chi connectivity index (χ0n) is 9.37. The van der Waals surface area contributed by atoms with Crippen LogP contribution in [0, 0.1) is 0 Å². The van der Waals surface area contributed by atoms with Gasteiger partial charge in [0.2, 0.25) is 10.0 Å². The van der Waals surface area contributed by atoms with Gasteiger partial charge >= 0.3 is 6.18 Å². The zero-order valence-corrected chi connectivity index (χ0v) is 10.2. The third-order valence-corrected chi connectivity index (χ3v) is 3.37. The first-order valence-electron chi connectivity index (χ1n) is 5.04. The van der Waals surface area contributed by atoms with Crippen LogP contribution in [0.2, 0.25) is 0 Å². The second kappa shape index (κ2) is 5.68. The van der Waals surface area contributed by atoms with E-state index in [9.17, 15) is 21.6 Å². The van der Waals surface area contributed by atoms with E-state index >= 15 is 0 Å². The number of nitrogens with two attached hydrogens (primary N) is 1. The highest BCUT2D eigenvalue weighted by molar-refractivity contribution is 7.88. The largest absolute Gasteiger partial charge is 0.402 e. The molecule has 1 rings (SSSR count). The fourth-order valence-corrected chi connectivity index (χ4v) is 2.41. The van der Waals surface area contributed by atoms with Crippen LogP contribution in [0.15, 0.2) is 24.3 Å². The van der Waals surface area contributed by atoms with Crippen LogP contribution >= 0.6 is 0 Å². The van der Waals surface area contributed by atoms with Gasteiger partial charge in [-0.1, -0.05) is 24.3 Å². The Bertz CT molecular complexity index is 500. The predicted octanol–water partition coefficient (Wildman–Crippen LogP) is 1.13. The van der Waals surface area contributed by atoms with E-state index in [0.29, 0.717) is 5.56 Å². The third kappa shape index (κ3) is 5.48. The van der Waals surface area contributed by atoms with Crippen molar-refractivity contribution in [3.05, 3.63) is 35.4 Å². The Kier molecular flexibility index (Phi) is 4.71. The number of hydrogen-bond acceptors (Lipinski definition) is 3. The first-order chi connectivity index (χ1) is 8.22. The fourth-order valence-electron chi connectivity index (χ4n) is 1.31. The van der Waals surface area contributed by atoms with E-state index in [0.717, 1.165) is 5.56 Å². The molecule has 0 unspecified atom stereocenters. The van der Waals surface area contributed by atoms with Gasteiger partial charge in [-0.2, -0.15) is 13.2 Å². The molecule has 0 atom stereocenters. The summed E-state index contributed by atoms with van der Waals surface area (Å²) in [7, 11) is -4.00. The molecule has 1 aromatic rings. The molecule has 1 aromatic carbocycles. The summed E-state index contributed by atoms with van der Waals surface area (Å²) in [6, 6.07) is 6.38. The van der Waals surface area contributed by atoms with E-state index in [1.54, 1.807) is 18.2 Å². The summed E-state index contributed by atoms with van der Waals surface area (Å²) in [5.74, 6) is -0.503. The summed E-state index contributed by atoms with van der Waals surface area (Å²) < 4.78 is 60.0. The van der Waals surface area contributed by atoms with Gasteiger partial charge in [-0.15, -0.1) is 0 Å². The Morgan fingerprint density at radius 2 is 1.83 bits per heavy atom. The Hall–Kier alpha value is -1.12. The van der Waals surface area contributed by atoms with Crippen LogP contribution in [0.25, 0.3) is 0 Å². The Morgan fingerprint density at radius 3 is 2.39 bits per heavy atom. The maximum absolute atomic E-state index is 11.9. The van der Waals surface area contributed by atoms with E-state index in [1.807, 2.05) is 0 Å². The van der Waals surface area contributed by atoms with Gasteiger partial charge in [-0.3, -0.25) is 0 Å². The van der Waals surface area contributed by atoms with Crippen LogP contribution in [0.3, 0.4) is 0 Å². The average molecular weight is 282 g/mol. The maximum Gasteiger partial charge on any atom is 0.402 e. The van der Waals surface area contributed by atoms with Crippen molar-refractivity contribution in [3.8, 4) is 0 Å². The number of rotatable bonds is 5. The number of hydrogen-bond donors (Lipinski definition) is 2. The zero-order chi connectivity index (χ0) is 13.8. The molecule has 18 heavy (non-hydrogen) atoms. The quantitative estimate of drug-likeness (QED) is 0.850. The smallest absolute Gasteiger partial charge is 0.326 e. The molecule has 0 bridgehead atoms. The monoisotopic (exact) mass is 282 g/mol. The van der Waals surface area contributed by atoms with Gasteiger partial charge < -0.3 is 5.73 Å². The molecule has 0 spiro atoms. The summed E-state index contributed by atoms with van der Waals surface area (Å²) >= 11 is 0. The van der Waals surface area contributed by atoms with Gasteiger partial charge in [0.1, 0.15) is 6.54 Å². The van der Waals surface area contributed by atoms with Crippen LogP contribution in [0.5, 0.6) is 0 Å². The number of halogens is 3. The van der Waals surface area contributed by atoms with Crippen molar-refractivity contribution >= 4 is 10.0 Å². The molecule has 0 amide bonds. The lowest BCUT2D eigenvalue weighted by Crippen LogP contribution is -2.34. The highest BCUT2D eigenvalue weighted by Gasteiger charge is 2.29. The summed E-state index contributed by atoms with van der Waals surface area (Å²) in [5, 5.41) is 0. The molecule has 0 saturated carbocycles. The van der Waals surface area contributed by atoms with Crippen LogP contribution in [0.1, 0.15) is 11.1 Å². The fraction of sp³-hybridized carbons (Fsp3) is 0.400. The Labute approximate surface area is 103 Å². The maximum atomic E-state index is 11.9. The van der Waals surface area contributed by atoms with Crippen LogP contribution in [0.4, 0.5) is 13.2 Å². The number of nitrogens with one attached hydrogen (secondary N) is 1. The minimum Gasteiger partial charge on any atom is -0.326 e. The van der Waals surface area contributed by atoms with E-state index in [-0.39, 0.29) is 6.54 Å². The lowest BCUT2D eigenvalue weighted by Gasteiger charge is -2.09. The van der Waals surface area contributed by atoms with E-state index in [2.05, 4.69) is 0 Å². The molecular weight excluding hydrogens is 269 g/mol. The molecule has 0 aliphatic rings. The minimum atomic E-state index is -4.56. The molecule has 4 nitrogen and oxygen atoms in total. The van der Waals surface area contributed by atoms with Gasteiger partial charge in [0, 0.05) is 6.54 Å². The van der Waals surface area contributed by atoms with Gasteiger partial charge in [-0.05, 0) is 11.1 Å². The third-order valence-electron chi connectivity index (χ3n) is 2.08. The van der Waals surface area contributed by atoms with E-state index in [1.165, 1.54) is 10.8 Å². The summed E-state index contributed by atoms with van der Waals surface area (Å²) in [6.45, 7) is -1.32. The topological polar surface area (TPSA) is 72.2 Å². The van der Waals surface area contributed by atoms with Gasteiger partial charge in [0.05, 0.1) is 5.75 Å². The van der Waals surface area contributed by atoms with E-state index in [4.69, 9.17) is 5.73 Å². The molecule has 0 saturated heterocycles. The molecule has 0 aliphatic heterocycles. The second-order valence-electron chi connectivity index (χ2n) is 3.72. The summed E-state index contributed by atoms with van der Waals surface area (Å²) in [6.07, 6.45) is -4.56. The van der Waals surface area contributed by atoms with Gasteiger partial charge in [0.15, 0.2) is 0 Å². The van der Waals surface area contributed by atoms with Crippen molar-refractivity contribution < 1.29 is 21.6 Å². The van der Waals surface area contributed by atoms with Gasteiger partial charge in [-0.25, -0.2) is 13.1 Å². The van der Waals surface area contributed by atoms with Crippen molar-refractivity contribution in [1.82, 2.24) is 4.72 Å². The van der Waals surface area contributed by atoms with Crippen LogP contribution in [-0.2, 0) is 22.3 Å². The van der Waals surface area contributed by atoms with E-state index < -0.39 is 28.5 Å².